The van der Waals surface area contributed by atoms with Crippen LogP contribution in [0.25, 0.3) is 0 Å². The number of hydrogen-bond acceptors (Lipinski definition) is 4. The van der Waals surface area contributed by atoms with Gasteiger partial charge in [0.2, 0.25) is 5.91 Å². The molecule has 2 aromatic rings. The van der Waals surface area contributed by atoms with E-state index in [1.54, 1.807) is 6.20 Å². The second-order valence-corrected chi connectivity index (χ2v) is 8.53. The number of aromatic nitrogens is 1. The molecule has 1 aromatic carbocycles. The highest BCUT2D eigenvalue weighted by Crippen LogP contribution is 2.54. The van der Waals surface area contributed by atoms with E-state index in [1.807, 2.05) is 25.1 Å². The summed E-state index contributed by atoms with van der Waals surface area (Å²) >= 11 is 0. The normalized spacial score (nSPS) is 26.1. The summed E-state index contributed by atoms with van der Waals surface area (Å²) in [5, 5.41) is 0. The van der Waals surface area contributed by atoms with Gasteiger partial charge in [-0.2, -0.15) is 0 Å². The van der Waals surface area contributed by atoms with Crippen molar-refractivity contribution in [3.05, 3.63) is 53.7 Å². The maximum Gasteiger partial charge on any atom is 0.233 e. The summed E-state index contributed by atoms with van der Waals surface area (Å²) in [7, 11) is 2.15. The van der Waals surface area contributed by atoms with E-state index in [4.69, 9.17) is 4.42 Å². The number of oxazole rings is 1. The lowest BCUT2D eigenvalue weighted by molar-refractivity contribution is -0.146. The number of hydrogen-bond donors (Lipinski definition) is 0. The summed E-state index contributed by atoms with van der Waals surface area (Å²) < 4.78 is 5.85. The lowest BCUT2D eigenvalue weighted by Crippen LogP contribution is -2.63. The van der Waals surface area contributed by atoms with Gasteiger partial charge in [-0.15, -0.1) is 0 Å². The van der Waals surface area contributed by atoms with Crippen LogP contribution >= 0.6 is 0 Å². The molecule has 0 N–H and O–H groups in total. The van der Waals surface area contributed by atoms with Crippen molar-refractivity contribution in [3.63, 3.8) is 0 Å². The summed E-state index contributed by atoms with van der Waals surface area (Å²) in [5.74, 6) is 2.28. The Labute approximate surface area is 154 Å². The highest BCUT2D eigenvalue weighted by atomic mass is 16.4. The molecule has 5 heteroatoms. The Bertz CT molecular complexity index is 834. The van der Waals surface area contributed by atoms with Gasteiger partial charge >= 0.3 is 0 Å². The molecular formula is C21H25N3O2. The summed E-state index contributed by atoms with van der Waals surface area (Å²) in [5.41, 5.74) is 1.01. The molecule has 1 atom stereocenters. The summed E-state index contributed by atoms with van der Waals surface area (Å²) in [4.78, 5) is 22.2. The van der Waals surface area contributed by atoms with Crippen molar-refractivity contribution < 1.29 is 9.21 Å². The summed E-state index contributed by atoms with van der Waals surface area (Å²) in [6, 6.07) is 10.3. The average molecular weight is 351 g/mol. The van der Waals surface area contributed by atoms with Gasteiger partial charge in [0, 0.05) is 31.6 Å². The average Bonchev–Trinajstić information content (AvgIpc) is 3.20. The number of benzene rings is 1. The van der Waals surface area contributed by atoms with Crippen molar-refractivity contribution >= 4 is 5.91 Å². The van der Waals surface area contributed by atoms with Gasteiger partial charge in [-0.1, -0.05) is 30.3 Å². The van der Waals surface area contributed by atoms with Crippen molar-refractivity contribution in [2.24, 2.45) is 5.41 Å². The Balaban J connectivity index is 1.35. The minimum absolute atomic E-state index is 0.0917. The highest BCUT2D eigenvalue weighted by molar-refractivity contribution is 5.92. The zero-order valence-electron chi connectivity index (χ0n) is 15.4. The third-order valence-corrected chi connectivity index (χ3v) is 6.54. The number of rotatable bonds is 3. The van der Waals surface area contributed by atoms with Crippen molar-refractivity contribution in [2.45, 2.75) is 31.1 Å². The SMILES string of the molecule is Cc1cnc(C2CN(C)CC23CN(C(=O)C2(c4ccccc4)CC2)C3)o1. The van der Waals surface area contributed by atoms with Crippen molar-refractivity contribution in [2.75, 3.05) is 33.2 Å². The number of aryl methyl sites for hydroxylation is 1. The third kappa shape index (κ3) is 2.26. The molecule has 1 aliphatic carbocycles. The van der Waals surface area contributed by atoms with Gasteiger partial charge in [-0.05, 0) is 32.4 Å². The molecule has 1 spiro atoms. The van der Waals surface area contributed by atoms with Crippen LogP contribution in [0, 0.1) is 12.3 Å². The molecule has 26 heavy (non-hydrogen) atoms. The molecule has 5 nitrogen and oxygen atoms in total. The minimum Gasteiger partial charge on any atom is -0.446 e. The van der Waals surface area contributed by atoms with Crippen LogP contribution in [0.15, 0.2) is 40.9 Å². The van der Waals surface area contributed by atoms with E-state index >= 15 is 0 Å². The van der Waals surface area contributed by atoms with Gasteiger partial charge in [0.15, 0.2) is 5.89 Å². The Morgan fingerprint density at radius 1 is 1.19 bits per heavy atom. The first-order valence-electron chi connectivity index (χ1n) is 9.48. The first-order valence-corrected chi connectivity index (χ1v) is 9.48. The first-order chi connectivity index (χ1) is 12.5. The molecule has 0 bridgehead atoms. The topological polar surface area (TPSA) is 49.6 Å². The van der Waals surface area contributed by atoms with Gasteiger partial charge < -0.3 is 14.2 Å². The van der Waals surface area contributed by atoms with E-state index < -0.39 is 0 Å². The van der Waals surface area contributed by atoms with E-state index in [1.165, 1.54) is 5.56 Å². The number of nitrogens with zero attached hydrogens (tertiary/aromatic N) is 3. The Morgan fingerprint density at radius 3 is 2.54 bits per heavy atom. The number of likely N-dealkylation sites (N-methyl/N-ethyl adjacent to an activating group) is 1. The van der Waals surface area contributed by atoms with Crippen molar-refractivity contribution in [3.8, 4) is 0 Å². The Kier molecular flexibility index (Phi) is 3.35. The first kappa shape index (κ1) is 16.1. The van der Waals surface area contributed by atoms with Crippen LogP contribution in [-0.2, 0) is 10.2 Å². The molecule has 2 saturated heterocycles. The molecule has 1 aromatic heterocycles. The van der Waals surface area contributed by atoms with E-state index in [9.17, 15) is 4.79 Å². The lowest BCUT2D eigenvalue weighted by atomic mass is 9.70. The van der Waals surface area contributed by atoms with E-state index in [2.05, 4.69) is 34.0 Å². The maximum atomic E-state index is 13.3. The summed E-state index contributed by atoms with van der Waals surface area (Å²) in [6.07, 6.45) is 3.75. The number of amides is 1. The zero-order valence-corrected chi connectivity index (χ0v) is 15.4. The second-order valence-electron chi connectivity index (χ2n) is 8.53. The number of likely N-dealkylation sites (tertiary alicyclic amines) is 2. The fourth-order valence-electron chi connectivity index (χ4n) is 5.08. The van der Waals surface area contributed by atoms with Gasteiger partial charge in [0.05, 0.1) is 17.5 Å². The van der Waals surface area contributed by atoms with Crippen LogP contribution in [0.5, 0.6) is 0 Å². The predicted molar refractivity (Wildman–Crippen MR) is 97.8 cm³/mol. The number of carbonyl (C=O) groups is 1. The molecule has 0 radical (unpaired) electrons. The fourth-order valence-corrected chi connectivity index (χ4v) is 5.08. The smallest absolute Gasteiger partial charge is 0.233 e. The van der Waals surface area contributed by atoms with Crippen LogP contribution in [0.1, 0.15) is 36.0 Å². The van der Waals surface area contributed by atoms with Gasteiger partial charge in [0.1, 0.15) is 5.76 Å². The number of carbonyl (C=O) groups excluding carboxylic acids is 1. The molecule has 136 valence electrons. The molecule has 1 unspecified atom stereocenters. The highest BCUT2D eigenvalue weighted by Gasteiger charge is 2.61. The monoisotopic (exact) mass is 351 g/mol. The van der Waals surface area contributed by atoms with Crippen molar-refractivity contribution in [1.29, 1.82) is 0 Å². The molecule has 1 saturated carbocycles. The van der Waals surface area contributed by atoms with Gasteiger partial charge in [0.25, 0.3) is 0 Å². The van der Waals surface area contributed by atoms with Crippen LogP contribution in [0.2, 0.25) is 0 Å². The van der Waals surface area contributed by atoms with E-state index in [0.717, 1.165) is 50.7 Å². The maximum absolute atomic E-state index is 13.3. The molecule has 3 heterocycles. The van der Waals surface area contributed by atoms with E-state index in [-0.39, 0.29) is 16.7 Å². The van der Waals surface area contributed by atoms with Crippen molar-refractivity contribution in [1.82, 2.24) is 14.8 Å². The quantitative estimate of drug-likeness (QED) is 0.853. The van der Waals surface area contributed by atoms with E-state index in [0.29, 0.717) is 5.91 Å². The Hall–Kier alpha value is -2.14. The minimum atomic E-state index is -0.262. The van der Waals surface area contributed by atoms with Crippen LogP contribution in [-0.4, -0.2) is 53.9 Å². The molecule has 3 fully saturated rings. The molecule has 5 rings (SSSR count). The lowest BCUT2D eigenvalue weighted by Gasteiger charge is -2.51. The molecule has 2 aliphatic heterocycles. The molecular weight excluding hydrogens is 326 g/mol. The molecule has 3 aliphatic rings. The largest absolute Gasteiger partial charge is 0.446 e. The van der Waals surface area contributed by atoms with Crippen LogP contribution < -0.4 is 0 Å². The van der Waals surface area contributed by atoms with Crippen LogP contribution in [0.4, 0.5) is 0 Å². The van der Waals surface area contributed by atoms with Gasteiger partial charge in [-0.25, -0.2) is 4.98 Å². The predicted octanol–water partition coefficient (Wildman–Crippen LogP) is 2.57. The summed E-state index contributed by atoms with van der Waals surface area (Å²) in [6.45, 7) is 5.52. The zero-order chi connectivity index (χ0) is 17.9. The molecule has 1 amide bonds. The van der Waals surface area contributed by atoms with Crippen LogP contribution in [0.3, 0.4) is 0 Å². The fraction of sp³-hybridized carbons (Fsp3) is 0.524. The standard InChI is InChI=1S/C21H25N3O2/c1-15-10-22-18(26-15)17-11-23(2)12-20(17)13-24(14-20)19(25)21(8-9-21)16-6-4-3-5-7-16/h3-7,10,17H,8-9,11-14H2,1-2H3. The third-order valence-electron chi connectivity index (χ3n) is 6.54. The van der Waals surface area contributed by atoms with Gasteiger partial charge in [-0.3, -0.25) is 4.79 Å². The Morgan fingerprint density at radius 2 is 1.92 bits per heavy atom. The second kappa shape index (κ2) is 5.43.